The minimum absolute atomic E-state index is 0.00677. The Kier molecular flexibility index (Phi) is 10.5. The summed E-state index contributed by atoms with van der Waals surface area (Å²) in [4.78, 5) is 28.0. The average molecular weight is 631 g/mol. The van der Waals surface area contributed by atoms with E-state index in [1.165, 1.54) is 17.6 Å². The standard InChI is InChI=1S/C29H58N2O7Si3/c1-19(32)20-17-22(33)30-26(34)31(20)25-24(38-41(15,16)29(8,9)10)23(37-40(13,14)28(5,6)7)21(36-25)18-35-39(11,12)27(2,3)4/h17,19,21,23-25,32H,18H2,1-16H3,(H,30,33,34)/t19-,21+,23+,24+,25+/m0/s1. The lowest BCUT2D eigenvalue weighted by Gasteiger charge is -2.44. The highest BCUT2D eigenvalue weighted by atomic mass is 28.4. The first-order chi connectivity index (χ1) is 18.1. The molecule has 9 nitrogen and oxygen atoms in total. The number of aromatic nitrogens is 2. The number of aliphatic hydroxyl groups excluding tert-OH is 1. The van der Waals surface area contributed by atoms with Gasteiger partial charge in [-0.3, -0.25) is 14.3 Å². The fraction of sp³-hybridized carbons (Fsp3) is 0.862. The second kappa shape index (κ2) is 11.9. The van der Waals surface area contributed by atoms with Crippen LogP contribution in [0.4, 0.5) is 0 Å². The molecule has 41 heavy (non-hydrogen) atoms. The first-order valence-electron chi connectivity index (χ1n) is 14.8. The Labute approximate surface area is 250 Å². The molecule has 238 valence electrons. The Morgan fingerprint density at radius 1 is 0.854 bits per heavy atom. The third-order valence-electron chi connectivity index (χ3n) is 9.86. The van der Waals surface area contributed by atoms with Crippen molar-refractivity contribution in [2.75, 3.05) is 6.61 Å². The molecule has 2 heterocycles. The number of nitrogens with zero attached hydrogens (tertiary/aromatic N) is 1. The summed E-state index contributed by atoms with van der Waals surface area (Å²) in [5.74, 6) is 0. The molecule has 0 radical (unpaired) electrons. The minimum Gasteiger partial charge on any atom is -0.414 e. The van der Waals surface area contributed by atoms with Crippen LogP contribution in [-0.4, -0.2) is 64.5 Å². The molecule has 1 fully saturated rings. The van der Waals surface area contributed by atoms with Crippen LogP contribution in [0.3, 0.4) is 0 Å². The summed E-state index contributed by atoms with van der Waals surface area (Å²) < 4.78 is 28.9. The summed E-state index contributed by atoms with van der Waals surface area (Å²) in [6.07, 6.45) is -3.73. The lowest BCUT2D eigenvalue weighted by atomic mass is 10.1. The molecule has 0 unspecified atom stereocenters. The van der Waals surface area contributed by atoms with Gasteiger partial charge in [0.05, 0.1) is 18.4 Å². The molecule has 0 bridgehead atoms. The highest BCUT2D eigenvalue weighted by Crippen LogP contribution is 2.46. The molecule has 0 aromatic carbocycles. The number of aliphatic hydroxyl groups is 1. The Balaban J connectivity index is 2.79. The van der Waals surface area contributed by atoms with E-state index in [9.17, 15) is 14.7 Å². The van der Waals surface area contributed by atoms with Gasteiger partial charge in [0.15, 0.2) is 31.2 Å². The van der Waals surface area contributed by atoms with Crippen LogP contribution >= 0.6 is 0 Å². The summed E-state index contributed by atoms with van der Waals surface area (Å²) >= 11 is 0. The quantitative estimate of drug-likeness (QED) is 0.309. The van der Waals surface area contributed by atoms with Crippen molar-refractivity contribution in [3.05, 3.63) is 32.6 Å². The van der Waals surface area contributed by atoms with Crippen molar-refractivity contribution in [1.29, 1.82) is 0 Å². The van der Waals surface area contributed by atoms with Crippen molar-refractivity contribution in [2.45, 2.75) is 154 Å². The molecule has 0 spiro atoms. The third kappa shape index (κ3) is 8.00. The zero-order valence-electron chi connectivity index (χ0n) is 28.5. The maximum atomic E-state index is 13.4. The average Bonchev–Trinajstić information content (AvgIpc) is 3.05. The maximum absolute atomic E-state index is 13.4. The second-order valence-electron chi connectivity index (χ2n) is 16.2. The number of ether oxygens (including phenoxy) is 1. The van der Waals surface area contributed by atoms with Gasteiger partial charge in [-0.05, 0) is 61.3 Å². The SMILES string of the molecule is C[C@H](O)c1cc(=O)[nH]c(=O)n1[C@@H]1O[C@H](CO[Si](C)(C)C(C)(C)C)[C@@H](O[Si](C)(C)C(C)(C)C)[C@H]1O[Si](C)(C)C(C)(C)C. The van der Waals surface area contributed by atoms with Crippen molar-refractivity contribution in [2.24, 2.45) is 0 Å². The summed E-state index contributed by atoms with van der Waals surface area (Å²) in [5, 5.41) is 10.4. The van der Waals surface area contributed by atoms with Gasteiger partial charge in [-0.2, -0.15) is 0 Å². The fourth-order valence-corrected chi connectivity index (χ4v) is 7.58. The number of nitrogens with one attached hydrogen (secondary N) is 1. The van der Waals surface area contributed by atoms with Crippen molar-refractivity contribution in [3.8, 4) is 0 Å². The zero-order chi connectivity index (χ0) is 32.1. The van der Waals surface area contributed by atoms with Gasteiger partial charge < -0.3 is 23.1 Å². The lowest BCUT2D eigenvalue weighted by molar-refractivity contribution is -0.0545. The van der Waals surface area contributed by atoms with E-state index in [2.05, 4.69) is 107 Å². The van der Waals surface area contributed by atoms with Crippen LogP contribution in [-0.2, 0) is 18.0 Å². The van der Waals surface area contributed by atoms with E-state index in [0.29, 0.717) is 0 Å². The van der Waals surface area contributed by atoms with Crippen molar-refractivity contribution in [3.63, 3.8) is 0 Å². The lowest BCUT2D eigenvalue weighted by Crippen LogP contribution is -2.55. The molecular weight excluding hydrogens is 573 g/mol. The second-order valence-corrected chi connectivity index (χ2v) is 30.6. The normalized spacial score (nSPS) is 24.1. The summed E-state index contributed by atoms with van der Waals surface area (Å²) in [5.41, 5.74) is -1.06. The Hall–Kier alpha value is -0.869. The number of rotatable bonds is 9. The molecule has 1 aromatic rings. The van der Waals surface area contributed by atoms with Crippen molar-refractivity contribution in [1.82, 2.24) is 9.55 Å². The summed E-state index contributed by atoms with van der Waals surface area (Å²) in [6, 6.07) is 1.25. The van der Waals surface area contributed by atoms with Crippen LogP contribution in [0.5, 0.6) is 0 Å². The van der Waals surface area contributed by atoms with Gasteiger partial charge >= 0.3 is 5.69 Å². The molecule has 2 rings (SSSR count). The van der Waals surface area contributed by atoms with Gasteiger partial charge in [0.25, 0.3) is 5.56 Å². The van der Waals surface area contributed by atoms with Crippen LogP contribution in [0.25, 0.3) is 0 Å². The van der Waals surface area contributed by atoms with Gasteiger partial charge in [-0.25, -0.2) is 4.79 Å². The highest BCUT2D eigenvalue weighted by molar-refractivity contribution is 6.75. The van der Waals surface area contributed by atoms with Crippen LogP contribution in [0.2, 0.25) is 54.4 Å². The van der Waals surface area contributed by atoms with Crippen LogP contribution < -0.4 is 11.2 Å². The van der Waals surface area contributed by atoms with E-state index >= 15 is 0 Å². The van der Waals surface area contributed by atoms with E-state index in [1.54, 1.807) is 0 Å². The van der Waals surface area contributed by atoms with Crippen LogP contribution in [0.15, 0.2) is 15.7 Å². The molecule has 1 aliphatic rings. The third-order valence-corrected chi connectivity index (χ3v) is 23.3. The van der Waals surface area contributed by atoms with Gasteiger partial charge in [-0.1, -0.05) is 62.3 Å². The summed E-state index contributed by atoms with van der Waals surface area (Å²) in [6.45, 7) is 34.6. The smallest absolute Gasteiger partial charge is 0.330 e. The molecule has 0 amide bonds. The molecular formula is C29H58N2O7Si3. The van der Waals surface area contributed by atoms with Gasteiger partial charge in [-0.15, -0.1) is 0 Å². The van der Waals surface area contributed by atoms with Crippen molar-refractivity contribution < 1.29 is 23.1 Å². The molecule has 2 N–H and O–H groups in total. The molecule has 5 atom stereocenters. The van der Waals surface area contributed by atoms with Crippen LogP contribution in [0, 0.1) is 0 Å². The first-order valence-corrected chi connectivity index (χ1v) is 23.5. The number of H-pyrrole nitrogens is 1. The minimum atomic E-state index is -2.43. The molecule has 0 aliphatic carbocycles. The van der Waals surface area contributed by atoms with E-state index in [4.69, 9.17) is 18.0 Å². The largest absolute Gasteiger partial charge is 0.414 e. The summed E-state index contributed by atoms with van der Waals surface area (Å²) in [7, 11) is -6.94. The van der Waals surface area contributed by atoms with Crippen LogP contribution in [0.1, 0.15) is 87.3 Å². The number of hydrogen-bond acceptors (Lipinski definition) is 7. The van der Waals surface area contributed by atoms with Gasteiger partial charge in [0.1, 0.15) is 18.3 Å². The molecule has 0 saturated carbocycles. The van der Waals surface area contributed by atoms with Gasteiger partial charge in [0, 0.05) is 6.07 Å². The molecule has 12 heteroatoms. The molecule has 1 aromatic heterocycles. The van der Waals surface area contributed by atoms with E-state index in [0.717, 1.165) is 0 Å². The number of aromatic amines is 1. The predicted octanol–water partition coefficient (Wildman–Crippen LogP) is 6.29. The predicted molar refractivity (Wildman–Crippen MR) is 173 cm³/mol. The molecule has 1 aliphatic heterocycles. The fourth-order valence-electron chi connectivity index (χ4n) is 3.97. The monoisotopic (exact) mass is 630 g/mol. The Morgan fingerprint density at radius 2 is 1.29 bits per heavy atom. The zero-order valence-corrected chi connectivity index (χ0v) is 31.5. The van der Waals surface area contributed by atoms with Gasteiger partial charge in [0.2, 0.25) is 0 Å². The van der Waals surface area contributed by atoms with E-state index in [1.807, 2.05) is 0 Å². The number of hydrogen-bond donors (Lipinski definition) is 2. The Bertz CT molecular complexity index is 1170. The van der Waals surface area contributed by atoms with E-state index < -0.39 is 66.8 Å². The first kappa shape index (κ1) is 36.3. The van der Waals surface area contributed by atoms with E-state index in [-0.39, 0.29) is 27.4 Å². The highest BCUT2D eigenvalue weighted by Gasteiger charge is 2.55. The molecule has 1 saturated heterocycles. The van der Waals surface area contributed by atoms with Crippen molar-refractivity contribution >= 4 is 25.0 Å². The maximum Gasteiger partial charge on any atom is 0.330 e. The topological polar surface area (TPSA) is 112 Å². The Morgan fingerprint density at radius 3 is 1.71 bits per heavy atom.